The summed E-state index contributed by atoms with van der Waals surface area (Å²) in [7, 11) is 0. The van der Waals surface area contributed by atoms with Crippen molar-refractivity contribution in [3.63, 3.8) is 0 Å². The monoisotopic (exact) mass is 233 g/mol. The smallest absolute Gasteiger partial charge is 0.149 e. The summed E-state index contributed by atoms with van der Waals surface area (Å²) in [6.07, 6.45) is 3.28. The van der Waals surface area contributed by atoms with E-state index in [1.807, 2.05) is 0 Å². The second-order valence-electron chi connectivity index (χ2n) is 3.63. The Labute approximate surface area is 98.6 Å². The number of aromatic amines is 1. The van der Waals surface area contributed by atoms with Crippen LogP contribution in [0.2, 0.25) is 0 Å². The van der Waals surface area contributed by atoms with Gasteiger partial charge < -0.3 is 16.8 Å². The number of anilines is 3. The van der Waals surface area contributed by atoms with Crippen molar-refractivity contribution in [1.82, 2.24) is 20.2 Å². The largest absolute Gasteiger partial charge is 0.396 e. The van der Waals surface area contributed by atoms with Crippen LogP contribution in [0.1, 0.15) is 12.2 Å². The summed E-state index contributed by atoms with van der Waals surface area (Å²) in [5.41, 5.74) is 11.7. The molecule has 2 heterocycles. The molecule has 0 aliphatic rings. The number of rotatable bonds is 5. The molecular formula is C10H15N7. The zero-order chi connectivity index (χ0) is 12.1. The van der Waals surface area contributed by atoms with Crippen LogP contribution in [0.25, 0.3) is 0 Å². The van der Waals surface area contributed by atoms with Gasteiger partial charge in [-0.1, -0.05) is 0 Å². The highest BCUT2D eigenvalue weighted by atomic mass is 15.2. The van der Waals surface area contributed by atoms with Gasteiger partial charge in [-0.3, -0.25) is 5.10 Å². The Hall–Kier alpha value is -2.31. The van der Waals surface area contributed by atoms with E-state index in [9.17, 15) is 0 Å². The second kappa shape index (κ2) is 5.15. The van der Waals surface area contributed by atoms with E-state index >= 15 is 0 Å². The quantitative estimate of drug-likeness (QED) is 0.555. The SMILES string of the molecule is Nc1ccc(NCCCc2ncn[nH]2)nc1N. The summed E-state index contributed by atoms with van der Waals surface area (Å²) in [5.74, 6) is 1.97. The van der Waals surface area contributed by atoms with Gasteiger partial charge >= 0.3 is 0 Å². The molecule has 0 unspecified atom stereocenters. The molecule has 17 heavy (non-hydrogen) atoms. The molecule has 0 aromatic carbocycles. The Morgan fingerprint density at radius 2 is 2.18 bits per heavy atom. The van der Waals surface area contributed by atoms with Crippen molar-refractivity contribution < 1.29 is 0 Å². The van der Waals surface area contributed by atoms with Gasteiger partial charge in [0.05, 0.1) is 5.69 Å². The number of nitrogens with two attached hydrogens (primary N) is 2. The van der Waals surface area contributed by atoms with Crippen LogP contribution in [0.4, 0.5) is 17.3 Å². The van der Waals surface area contributed by atoms with Gasteiger partial charge in [-0.25, -0.2) is 9.97 Å². The fourth-order valence-corrected chi connectivity index (χ4v) is 1.41. The molecule has 0 fully saturated rings. The first-order chi connectivity index (χ1) is 8.25. The maximum Gasteiger partial charge on any atom is 0.149 e. The number of H-pyrrole nitrogens is 1. The molecule has 0 bridgehead atoms. The number of nitrogen functional groups attached to an aromatic ring is 2. The number of aryl methyl sites for hydroxylation is 1. The maximum atomic E-state index is 5.60. The van der Waals surface area contributed by atoms with E-state index in [0.29, 0.717) is 11.5 Å². The van der Waals surface area contributed by atoms with Gasteiger partial charge in [0.1, 0.15) is 23.8 Å². The molecule has 7 nitrogen and oxygen atoms in total. The first-order valence-corrected chi connectivity index (χ1v) is 5.36. The van der Waals surface area contributed by atoms with Crippen LogP contribution < -0.4 is 16.8 Å². The minimum absolute atomic E-state index is 0.352. The fraction of sp³-hybridized carbons (Fsp3) is 0.300. The zero-order valence-corrected chi connectivity index (χ0v) is 9.35. The van der Waals surface area contributed by atoms with E-state index in [4.69, 9.17) is 11.5 Å². The third-order valence-electron chi connectivity index (χ3n) is 2.32. The van der Waals surface area contributed by atoms with Gasteiger partial charge in [0.25, 0.3) is 0 Å². The highest BCUT2D eigenvalue weighted by Gasteiger charge is 1.99. The Kier molecular flexibility index (Phi) is 3.39. The molecule has 0 spiro atoms. The maximum absolute atomic E-state index is 5.60. The molecular weight excluding hydrogens is 218 g/mol. The lowest BCUT2D eigenvalue weighted by molar-refractivity contribution is 0.804. The summed E-state index contributed by atoms with van der Waals surface area (Å²) in [5, 5.41) is 9.76. The molecule has 0 saturated carbocycles. The van der Waals surface area contributed by atoms with Crippen LogP contribution in [0.5, 0.6) is 0 Å². The molecule has 2 aromatic rings. The zero-order valence-electron chi connectivity index (χ0n) is 9.35. The molecule has 0 amide bonds. The summed E-state index contributed by atoms with van der Waals surface area (Å²) in [4.78, 5) is 8.15. The van der Waals surface area contributed by atoms with E-state index in [-0.39, 0.29) is 0 Å². The van der Waals surface area contributed by atoms with Gasteiger partial charge in [0.2, 0.25) is 0 Å². The van der Waals surface area contributed by atoms with Crippen LogP contribution in [0.3, 0.4) is 0 Å². The average Bonchev–Trinajstić information content (AvgIpc) is 2.82. The average molecular weight is 233 g/mol. The summed E-state index contributed by atoms with van der Waals surface area (Å²) in [6, 6.07) is 3.54. The number of nitrogens with zero attached hydrogens (tertiary/aromatic N) is 3. The van der Waals surface area contributed by atoms with Gasteiger partial charge in [-0.2, -0.15) is 5.10 Å². The topological polar surface area (TPSA) is 119 Å². The molecule has 2 rings (SSSR count). The van der Waals surface area contributed by atoms with Crippen molar-refractivity contribution in [2.24, 2.45) is 0 Å². The van der Waals surface area contributed by atoms with E-state index < -0.39 is 0 Å². The normalized spacial score (nSPS) is 10.4. The summed E-state index contributed by atoms with van der Waals surface area (Å²) < 4.78 is 0. The molecule has 0 aliphatic heterocycles. The lowest BCUT2D eigenvalue weighted by Gasteiger charge is -2.06. The number of pyridine rings is 1. The van der Waals surface area contributed by atoms with E-state index in [0.717, 1.165) is 31.0 Å². The number of nitrogens with one attached hydrogen (secondary N) is 2. The molecule has 90 valence electrons. The van der Waals surface area contributed by atoms with Crippen molar-refractivity contribution >= 4 is 17.3 Å². The third kappa shape index (κ3) is 3.07. The van der Waals surface area contributed by atoms with Crippen LogP contribution in [-0.4, -0.2) is 26.7 Å². The minimum Gasteiger partial charge on any atom is -0.396 e. The molecule has 0 atom stereocenters. The molecule has 0 aliphatic carbocycles. The van der Waals surface area contributed by atoms with Crippen LogP contribution in [0, 0.1) is 0 Å². The predicted octanol–water partition coefficient (Wildman–Crippen LogP) is 0.409. The number of hydrogen-bond donors (Lipinski definition) is 4. The van der Waals surface area contributed by atoms with Gasteiger partial charge in [-0.15, -0.1) is 0 Å². The Morgan fingerprint density at radius 1 is 1.29 bits per heavy atom. The van der Waals surface area contributed by atoms with Crippen LogP contribution in [-0.2, 0) is 6.42 Å². The van der Waals surface area contributed by atoms with Gasteiger partial charge in [-0.05, 0) is 18.6 Å². The first kappa shape index (κ1) is 11.2. The molecule has 0 radical (unpaired) electrons. The highest BCUT2D eigenvalue weighted by molar-refractivity contribution is 5.61. The molecule has 0 saturated heterocycles. The first-order valence-electron chi connectivity index (χ1n) is 5.36. The van der Waals surface area contributed by atoms with Crippen LogP contribution >= 0.6 is 0 Å². The van der Waals surface area contributed by atoms with Crippen molar-refractivity contribution in [2.75, 3.05) is 23.3 Å². The lowest BCUT2D eigenvalue weighted by atomic mass is 10.3. The van der Waals surface area contributed by atoms with Crippen molar-refractivity contribution in [1.29, 1.82) is 0 Å². The Balaban J connectivity index is 1.76. The predicted molar refractivity (Wildman–Crippen MR) is 66.3 cm³/mol. The van der Waals surface area contributed by atoms with Gasteiger partial charge in [0.15, 0.2) is 0 Å². The summed E-state index contributed by atoms with van der Waals surface area (Å²) in [6.45, 7) is 0.789. The van der Waals surface area contributed by atoms with Crippen molar-refractivity contribution in [2.45, 2.75) is 12.8 Å². The highest BCUT2D eigenvalue weighted by Crippen LogP contribution is 2.14. The Bertz CT molecular complexity index is 466. The Morgan fingerprint density at radius 3 is 2.88 bits per heavy atom. The van der Waals surface area contributed by atoms with Crippen molar-refractivity contribution in [3.05, 3.63) is 24.3 Å². The lowest BCUT2D eigenvalue weighted by Crippen LogP contribution is -2.07. The fourth-order valence-electron chi connectivity index (χ4n) is 1.41. The third-order valence-corrected chi connectivity index (χ3v) is 2.32. The number of hydrogen-bond acceptors (Lipinski definition) is 6. The molecule has 7 heteroatoms. The van der Waals surface area contributed by atoms with Gasteiger partial charge in [0, 0.05) is 13.0 Å². The van der Waals surface area contributed by atoms with Crippen LogP contribution in [0.15, 0.2) is 18.5 Å². The van der Waals surface area contributed by atoms with E-state index in [1.165, 1.54) is 6.33 Å². The minimum atomic E-state index is 0.352. The summed E-state index contributed by atoms with van der Waals surface area (Å²) >= 11 is 0. The second-order valence-corrected chi connectivity index (χ2v) is 3.63. The standard InChI is InChI=1S/C10H15N7/c11-7-3-4-8(16-10(7)12)13-5-1-2-9-14-6-15-17-9/h3-4,6H,1-2,5,11H2,(H3,12,13,16)(H,14,15,17). The number of aromatic nitrogens is 4. The van der Waals surface area contributed by atoms with E-state index in [1.54, 1.807) is 12.1 Å². The van der Waals surface area contributed by atoms with E-state index in [2.05, 4.69) is 25.5 Å². The molecule has 2 aromatic heterocycles. The molecule has 6 N–H and O–H groups in total. The van der Waals surface area contributed by atoms with Crippen molar-refractivity contribution in [3.8, 4) is 0 Å².